The van der Waals surface area contributed by atoms with Gasteiger partial charge in [-0.1, -0.05) is 6.07 Å². The average molecular weight is 342 g/mol. The second-order valence-electron chi connectivity index (χ2n) is 6.30. The van der Waals surface area contributed by atoms with Crippen LogP contribution in [0.3, 0.4) is 0 Å². The number of hydrogen-bond donors (Lipinski definition) is 1. The van der Waals surface area contributed by atoms with E-state index in [0.717, 1.165) is 55.5 Å². The topological polar surface area (TPSA) is 52.6 Å². The van der Waals surface area contributed by atoms with Gasteiger partial charge in [-0.2, -0.15) is 0 Å². The van der Waals surface area contributed by atoms with Crippen molar-refractivity contribution in [1.29, 1.82) is 0 Å². The van der Waals surface area contributed by atoms with Crippen LogP contribution in [0.4, 0.5) is 0 Å². The van der Waals surface area contributed by atoms with Crippen LogP contribution < -0.4 is 14.8 Å². The molecule has 2 aromatic rings. The maximum atomic E-state index is 5.98. The minimum absolute atomic E-state index is 0.455. The van der Waals surface area contributed by atoms with Crippen molar-refractivity contribution >= 4 is 0 Å². The molecule has 5 heteroatoms. The van der Waals surface area contributed by atoms with Crippen LogP contribution in [-0.4, -0.2) is 31.9 Å². The molecule has 0 aliphatic carbocycles. The molecule has 1 N–H and O–H groups in total. The van der Waals surface area contributed by atoms with Gasteiger partial charge >= 0.3 is 0 Å². The summed E-state index contributed by atoms with van der Waals surface area (Å²) in [6.45, 7) is 3.91. The molecule has 1 saturated heterocycles. The Morgan fingerprint density at radius 1 is 1.28 bits per heavy atom. The molecule has 25 heavy (non-hydrogen) atoms. The number of hydrogen-bond acceptors (Lipinski definition) is 5. The summed E-state index contributed by atoms with van der Waals surface area (Å²) in [6.07, 6.45) is 4.17. The van der Waals surface area contributed by atoms with Crippen LogP contribution >= 0.6 is 0 Å². The van der Waals surface area contributed by atoms with Gasteiger partial charge in [-0.05, 0) is 49.1 Å². The lowest BCUT2D eigenvalue weighted by Gasteiger charge is -2.22. The minimum atomic E-state index is 0.455. The molecule has 0 saturated carbocycles. The zero-order valence-corrected chi connectivity index (χ0v) is 14.7. The fourth-order valence-electron chi connectivity index (χ4n) is 2.98. The summed E-state index contributed by atoms with van der Waals surface area (Å²) in [6, 6.07) is 11.7. The Morgan fingerprint density at radius 3 is 3.00 bits per heavy atom. The molecule has 2 heterocycles. The van der Waals surface area contributed by atoms with Crippen LogP contribution in [-0.2, 0) is 17.9 Å². The highest BCUT2D eigenvalue weighted by Gasteiger charge is 2.14. The molecule has 134 valence electrons. The van der Waals surface area contributed by atoms with Crippen LogP contribution in [0, 0.1) is 5.92 Å². The molecule has 1 fully saturated rings. The second kappa shape index (κ2) is 9.39. The summed E-state index contributed by atoms with van der Waals surface area (Å²) in [4.78, 5) is 4.30. The Balaban J connectivity index is 1.59. The third-order valence-corrected chi connectivity index (χ3v) is 4.37. The van der Waals surface area contributed by atoms with Crippen molar-refractivity contribution in [2.45, 2.75) is 26.0 Å². The Bertz CT molecular complexity index is 643. The highest BCUT2D eigenvalue weighted by Crippen LogP contribution is 2.25. The lowest BCUT2D eigenvalue weighted by Crippen LogP contribution is -2.29. The third-order valence-electron chi connectivity index (χ3n) is 4.37. The number of pyridine rings is 1. The highest BCUT2D eigenvalue weighted by molar-refractivity contribution is 5.40. The molecule has 1 aromatic carbocycles. The van der Waals surface area contributed by atoms with Gasteiger partial charge in [-0.3, -0.25) is 4.98 Å². The molecule has 1 aliphatic rings. The fraction of sp³-hybridized carbons (Fsp3) is 0.450. The van der Waals surface area contributed by atoms with Crippen LogP contribution in [0.25, 0.3) is 0 Å². The molecular weight excluding hydrogens is 316 g/mol. The van der Waals surface area contributed by atoms with E-state index in [9.17, 15) is 0 Å². The number of benzene rings is 1. The van der Waals surface area contributed by atoms with E-state index in [1.54, 1.807) is 13.3 Å². The van der Waals surface area contributed by atoms with Gasteiger partial charge in [-0.15, -0.1) is 0 Å². The first kappa shape index (κ1) is 17.7. The van der Waals surface area contributed by atoms with Crippen molar-refractivity contribution in [3.8, 4) is 11.5 Å². The first-order chi connectivity index (χ1) is 12.3. The molecule has 5 nitrogen and oxygen atoms in total. The average Bonchev–Trinajstić information content (AvgIpc) is 2.68. The second-order valence-corrected chi connectivity index (χ2v) is 6.30. The highest BCUT2D eigenvalue weighted by atomic mass is 16.5. The lowest BCUT2D eigenvalue weighted by atomic mass is 10.0. The molecule has 1 unspecified atom stereocenters. The smallest absolute Gasteiger partial charge is 0.130 e. The number of methoxy groups -OCH3 is 1. The quantitative estimate of drug-likeness (QED) is 0.798. The van der Waals surface area contributed by atoms with Crippen LogP contribution in [0.1, 0.15) is 24.1 Å². The fourth-order valence-corrected chi connectivity index (χ4v) is 2.98. The summed E-state index contributed by atoms with van der Waals surface area (Å²) >= 11 is 0. The largest absolute Gasteiger partial charge is 0.497 e. The Hall–Kier alpha value is -2.11. The van der Waals surface area contributed by atoms with Gasteiger partial charge in [-0.25, -0.2) is 0 Å². The zero-order chi connectivity index (χ0) is 17.3. The maximum Gasteiger partial charge on any atom is 0.130 e. The van der Waals surface area contributed by atoms with Gasteiger partial charge in [0.15, 0.2) is 0 Å². The Kier molecular flexibility index (Phi) is 6.65. The molecule has 3 rings (SSSR count). The summed E-state index contributed by atoms with van der Waals surface area (Å²) < 4.78 is 16.9. The van der Waals surface area contributed by atoms with Gasteiger partial charge in [0, 0.05) is 31.5 Å². The lowest BCUT2D eigenvalue weighted by molar-refractivity contribution is 0.0547. The molecule has 0 amide bonds. The number of ether oxygens (including phenoxy) is 3. The predicted molar refractivity (Wildman–Crippen MR) is 96.8 cm³/mol. The predicted octanol–water partition coefficient (Wildman–Crippen LogP) is 3.19. The summed E-state index contributed by atoms with van der Waals surface area (Å²) in [7, 11) is 1.68. The number of rotatable bonds is 8. The molecule has 1 aromatic heterocycles. The Morgan fingerprint density at radius 2 is 2.24 bits per heavy atom. The van der Waals surface area contributed by atoms with Crippen LogP contribution in [0.2, 0.25) is 0 Å². The summed E-state index contributed by atoms with van der Waals surface area (Å²) in [5.74, 6) is 2.29. The Labute approximate surface area is 149 Å². The summed E-state index contributed by atoms with van der Waals surface area (Å²) in [5, 5.41) is 3.53. The van der Waals surface area contributed by atoms with E-state index in [2.05, 4.69) is 10.3 Å². The first-order valence-corrected chi connectivity index (χ1v) is 8.83. The number of nitrogens with one attached hydrogen (secondary N) is 1. The maximum absolute atomic E-state index is 5.98. The van der Waals surface area contributed by atoms with Crippen molar-refractivity contribution in [3.05, 3.63) is 53.9 Å². The van der Waals surface area contributed by atoms with Crippen molar-refractivity contribution in [2.24, 2.45) is 5.92 Å². The minimum Gasteiger partial charge on any atom is -0.497 e. The molecule has 0 bridgehead atoms. The van der Waals surface area contributed by atoms with Gasteiger partial charge in [0.2, 0.25) is 0 Å². The van der Waals surface area contributed by atoms with Gasteiger partial charge in [0.1, 0.15) is 18.1 Å². The van der Waals surface area contributed by atoms with E-state index in [1.165, 1.54) is 6.42 Å². The van der Waals surface area contributed by atoms with Gasteiger partial charge in [0.25, 0.3) is 0 Å². The monoisotopic (exact) mass is 342 g/mol. The van der Waals surface area contributed by atoms with Crippen molar-refractivity contribution in [2.75, 3.05) is 26.9 Å². The molecule has 1 aliphatic heterocycles. The molecule has 1 atom stereocenters. The van der Waals surface area contributed by atoms with Crippen LogP contribution in [0.5, 0.6) is 11.5 Å². The molecular formula is C20H26N2O3. The molecule has 0 radical (unpaired) electrons. The van der Waals surface area contributed by atoms with E-state index in [-0.39, 0.29) is 0 Å². The first-order valence-electron chi connectivity index (χ1n) is 8.83. The van der Waals surface area contributed by atoms with E-state index < -0.39 is 0 Å². The number of nitrogens with zero attached hydrogens (tertiary/aromatic N) is 1. The van der Waals surface area contributed by atoms with E-state index in [4.69, 9.17) is 14.2 Å². The van der Waals surface area contributed by atoms with E-state index >= 15 is 0 Å². The third kappa shape index (κ3) is 5.44. The SMILES string of the molecule is COc1ccc(OCc2ccccn2)c(CNCC2CCCOC2)c1. The van der Waals surface area contributed by atoms with Crippen molar-refractivity contribution in [3.63, 3.8) is 0 Å². The van der Waals surface area contributed by atoms with Gasteiger partial charge < -0.3 is 19.5 Å². The normalized spacial score (nSPS) is 17.2. The summed E-state index contributed by atoms with van der Waals surface area (Å²) in [5.41, 5.74) is 2.00. The van der Waals surface area contributed by atoms with E-state index in [0.29, 0.717) is 12.5 Å². The number of aromatic nitrogens is 1. The van der Waals surface area contributed by atoms with Crippen LogP contribution in [0.15, 0.2) is 42.6 Å². The zero-order valence-electron chi connectivity index (χ0n) is 14.7. The van der Waals surface area contributed by atoms with Crippen molar-refractivity contribution in [1.82, 2.24) is 10.3 Å². The van der Waals surface area contributed by atoms with E-state index in [1.807, 2.05) is 36.4 Å². The standard InChI is InChI=1S/C20H26N2O3/c1-23-19-7-8-20(25-15-18-6-2-3-9-22-18)17(11-19)13-21-12-16-5-4-10-24-14-16/h2-3,6-9,11,16,21H,4-5,10,12-15H2,1H3. The molecule has 0 spiro atoms. The van der Waals surface area contributed by atoms with Crippen molar-refractivity contribution < 1.29 is 14.2 Å². The van der Waals surface area contributed by atoms with Gasteiger partial charge in [0.05, 0.1) is 19.4 Å².